The Bertz CT molecular complexity index is 938. The van der Waals surface area contributed by atoms with Crippen molar-refractivity contribution in [2.24, 2.45) is 5.41 Å². The molecule has 28 heavy (non-hydrogen) atoms. The van der Waals surface area contributed by atoms with Gasteiger partial charge in [0.25, 0.3) is 0 Å². The number of likely N-dealkylation sites (N-methyl/N-ethyl adjacent to an activating group) is 2. The van der Waals surface area contributed by atoms with Crippen LogP contribution in [0.5, 0.6) is 5.75 Å². The van der Waals surface area contributed by atoms with E-state index >= 15 is 0 Å². The minimum atomic E-state index is -0.162. The average Bonchev–Trinajstić information content (AvgIpc) is 3.20. The molecule has 3 aliphatic rings. The molecule has 5 rings (SSSR count). The molecule has 0 aliphatic heterocycles. The summed E-state index contributed by atoms with van der Waals surface area (Å²) in [6.07, 6.45) is 4.85. The number of aromatic hydroxyl groups is 1. The third kappa shape index (κ3) is 2.12. The van der Waals surface area contributed by atoms with Crippen LogP contribution in [0, 0.1) is 5.41 Å². The van der Waals surface area contributed by atoms with Crippen LogP contribution in [0.3, 0.4) is 0 Å². The highest BCUT2D eigenvalue weighted by molar-refractivity contribution is 7.08. The van der Waals surface area contributed by atoms with E-state index in [0.29, 0.717) is 12.2 Å². The van der Waals surface area contributed by atoms with Crippen LogP contribution in [0.15, 0.2) is 35.0 Å². The lowest BCUT2D eigenvalue weighted by molar-refractivity contribution is -0.136. The standard InChI is InChI=1S/C23H28N2O2S/c1-21-14-22(12-16-4-5-17(26)11-18(16)21)7-8-23(22,24-2)20(21)25(3)19(27)10-15-6-9-28-13-15/h4-6,9,11,13,20,24,26H,7-8,10,12,14H2,1-3H3/t20?,21-,22+,23?/m1/s1. The van der Waals surface area contributed by atoms with E-state index in [0.717, 1.165) is 24.8 Å². The lowest BCUT2D eigenvalue weighted by Crippen LogP contribution is -2.71. The highest BCUT2D eigenvalue weighted by atomic mass is 32.1. The number of phenolic OH excluding ortho intramolecular Hbond substituents is 1. The molecule has 1 aromatic heterocycles. The van der Waals surface area contributed by atoms with Gasteiger partial charge in [0, 0.05) is 18.0 Å². The fourth-order valence-corrected chi connectivity index (χ4v) is 7.72. The van der Waals surface area contributed by atoms with Crippen LogP contribution in [0.4, 0.5) is 0 Å². The number of nitrogens with zero attached hydrogens (tertiary/aromatic N) is 1. The monoisotopic (exact) mass is 396 g/mol. The lowest BCUT2D eigenvalue weighted by atomic mass is 9.52. The van der Waals surface area contributed by atoms with Crippen LogP contribution in [0.1, 0.15) is 42.9 Å². The van der Waals surface area contributed by atoms with E-state index in [9.17, 15) is 9.90 Å². The molecule has 2 fully saturated rings. The predicted octanol–water partition coefficient (Wildman–Crippen LogP) is 3.48. The van der Waals surface area contributed by atoms with Gasteiger partial charge in [-0.1, -0.05) is 13.0 Å². The topological polar surface area (TPSA) is 52.6 Å². The highest BCUT2D eigenvalue weighted by Crippen LogP contribution is 2.71. The maximum Gasteiger partial charge on any atom is 0.227 e. The van der Waals surface area contributed by atoms with Crippen molar-refractivity contribution in [2.75, 3.05) is 14.1 Å². The Labute approximate surface area is 170 Å². The quantitative estimate of drug-likeness (QED) is 0.832. The van der Waals surface area contributed by atoms with Crippen LogP contribution >= 0.6 is 11.3 Å². The van der Waals surface area contributed by atoms with Gasteiger partial charge in [0.05, 0.1) is 12.5 Å². The Balaban J connectivity index is 1.60. The van der Waals surface area contributed by atoms with Gasteiger partial charge in [-0.05, 0) is 83.8 Å². The van der Waals surface area contributed by atoms with Crippen molar-refractivity contribution in [3.8, 4) is 5.75 Å². The first-order chi connectivity index (χ1) is 13.4. The van der Waals surface area contributed by atoms with Gasteiger partial charge < -0.3 is 15.3 Å². The third-order valence-corrected chi connectivity index (χ3v) is 8.85. The van der Waals surface area contributed by atoms with Crippen molar-refractivity contribution in [3.63, 3.8) is 0 Å². The van der Waals surface area contributed by atoms with E-state index in [1.165, 1.54) is 17.5 Å². The van der Waals surface area contributed by atoms with E-state index in [1.807, 2.05) is 35.5 Å². The Kier molecular flexibility index (Phi) is 3.79. The lowest BCUT2D eigenvalue weighted by Gasteiger charge is -2.59. The van der Waals surface area contributed by atoms with Crippen molar-refractivity contribution < 1.29 is 9.90 Å². The second-order valence-corrected chi connectivity index (χ2v) is 10.1. The zero-order chi connectivity index (χ0) is 19.7. The molecule has 2 saturated carbocycles. The number of rotatable bonds is 4. The molecule has 4 nitrogen and oxygen atoms in total. The molecule has 1 spiro atoms. The summed E-state index contributed by atoms with van der Waals surface area (Å²) in [4.78, 5) is 15.3. The second kappa shape index (κ2) is 5.83. The SMILES string of the molecule is CNC12CC[C@@]13Cc1ccc(O)cc1[C@@](C)(C3)C2N(C)C(=O)Cc1ccsc1. The van der Waals surface area contributed by atoms with E-state index in [-0.39, 0.29) is 28.3 Å². The van der Waals surface area contributed by atoms with Crippen molar-refractivity contribution in [1.82, 2.24) is 10.2 Å². The summed E-state index contributed by atoms with van der Waals surface area (Å²) in [7, 11) is 4.05. The van der Waals surface area contributed by atoms with E-state index in [2.05, 4.69) is 30.7 Å². The first kappa shape index (κ1) is 18.2. The van der Waals surface area contributed by atoms with Gasteiger partial charge in [-0.15, -0.1) is 0 Å². The van der Waals surface area contributed by atoms with Gasteiger partial charge in [0.2, 0.25) is 5.91 Å². The molecule has 2 N–H and O–H groups in total. The van der Waals surface area contributed by atoms with Crippen LogP contribution in [0.25, 0.3) is 0 Å². The first-order valence-corrected chi connectivity index (χ1v) is 11.1. The fourth-order valence-electron chi connectivity index (χ4n) is 7.05. The smallest absolute Gasteiger partial charge is 0.227 e. The molecule has 0 saturated heterocycles. The summed E-state index contributed by atoms with van der Waals surface area (Å²) < 4.78 is 0. The van der Waals surface area contributed by atoms with Crippen molar-refractivity contribution in [1.29, 1.82) is 0 Å². The third-order valence-electron chi connectivity index (χ3n) is 8.12. The molecule has 1 heterocycles. The second-order valence-electron chi connectivity index (χ2n) is 9.33. The number of thiophene rings is 1. The molecule has 2 aromatic rings. The van der Waals surface area contributed by atoms with Crippen molar-refractivity contribution in [2.45, 2.75) is 56.0 Å². The first-order valence-electron chi connectivity index (χ1n) is 10.1. The van der Waals surface area contributed by atoms with E-state index in [4.69, 9.17) is 0 Å². The normalized spacial score (nSPS) is 35.0. The molecule has 4 atom stereocenters. The fraction of sp³-hybridized carbons (Fsp3) is 0.522. The van der Waals surface area contributed by atoms with E-state index in [1.54, 1.807) is 11.3 Å². The molecule has 5 heteroatoms. The zero-order valence-corrected chi connectivity index (χ0v) is 17.6. The number of fused-ring (bicyclic) bond motifs is 3. The molecule has 2 bridgehead atoms. The minimum Gasteiger partial charge on any atom is -0.508 e. The zero-order valence-electron chi connectivity index (χ0n) is 16.8. The molecule has 0 radical (unpaired) electrons. The summed E-state index contributed by atoms with van der Waals surface area (Å²) in [5.74, 6) is 0.496. The Morgan fingerprint density at radius 2 is 2.18 bits per heavy atom. The molecular weight excluding hydrogens is 368 g/mol. The number of phenols is 1. The van der Waals surface area contributed by atoms with Crippen LogP contribution in [-0.2, 0) is 23.1 Å². The van der Waals surface area contributed by atoms with Gasteiger partial charge in [0.1, 0.15) is 5.75 Å². The Morgan fingerprint density at radius 1 is 1.36 bits per heavy atom. The highest BCUT2D eigenvalue weighted by Gasteiger charge is 2.75. The van der Waals surface area contributed by atoms with Gasteiger partial charge >= 0.3 is 0 Å². The maximum absolute atomic E-state index is 13.3. The number of hydrogen-bond acceptors (Lipinski definition) is 4. The van der Waals surface area contributed by atoms with Crippen molar-refractivity contribution >= 4 is 17.2 Å². The van der Waals surface area contributed by atoms with E-state index < -0.39 is 0 Å². The molecule has 1 aromatic carbocycles. The summed E-state index contributed by atoms with van der Waals surface area (Å²) in [5, 5.41) is 18.0. The molecular formula is C23H28N2O2S. The Hall–Kier alpha value is -1.85. The number of carbonyl (C=O) groups is 1. The largest absolute Gasteiger partial charge is 0.508 e. The van der Waals surface area contributed by atoms with Crippen LogP contribution < -0.4 is 5.32 Å². The minimum absolute atomic E-state index is 0.0601. The Morgan fingerprint density at radius 3 is 2.82 bits per heavy atom. The number of carbonyl (C=O) groups excluding carboxylic acids is 1. The molecule has 1 amide bonds. The number of amides is 1. The van der Waals surface area contributed by atoms with Gasteiger partial charge in [-0.25, -0.2) is 0 Å². The van der Waals surface area contributed by atoms with Crippen LogP contribution in [-0.4, -0.2) is 41.6 Å². The maximum atomic E-state index is 13.3. The predicted molar refractivity (Wildman–Crippen MR) is 112 cm³/mol. The summed E-state index contributed by atoms with van der Waals surface area (Å²) >= 11 is 1.64. The summed E-state index contributed by atoms with van der Waals surface area (Å²) in [5.41, 5.74) is 3.63. The average molecular weight is 397 g/mol. The van der Waals surface area contributed by atoms with Gasteiger partial charge in [0.15, 0.2) is 0 Å². The van der Waals surface area contributed by atoms with Gasteiger partial charge in [-0.2, -0.15) is 11.3 Å². The number of hydrogen-bond donors (Lipinski definition) is 2. The summed E-state index contributed by atoms with van der Waals surface area (Å²) in [6.45, 7) is 2.31. The molecule has 148 valence electrons. The number of benzene rings is 1. The van der Waals surface area contributed by atoms with Gasteiger partial charge in [-0.3, -0.25) is 4.79 Å². The number of nitrogens with one attached hydrogen (secondary N) is 1. The van der Waals surface area contributed by atoms with Crippen molar-refractivity contribution in [3.05, 3.63) is 51.7 Å². The summed E-state index contributed by atoms with van der Waals surface area (Å²) in [6, 6.07) is 7.97. The van der Waals surface area contributed by atoms with Crippen LogP contribution in [0.2, 0.25) is 0 Å². The molecule has 3 aliphatic carbocycles. The molecule has 2 unspecified atom stereocenters.